The summed E-state index contributed by atoms with van der Waals surface area (Å²) in [6.45, 7) is 2.53. The molecule has 1 saturated carbocycles. The average molecular weight is 333 g/mol. The highest BCUT2D eigenvalue weighted by atomic mass is 19.1. The van der Waals surface area contributed by atoms with Crippen LogP contribution in [-0.2, 0) is 16.0 Å². The van der Waals surface area contributed by atoms with Crippen molar-refractivity contribution in [2.24, 2.45) is 17.8 Å². The van der Waals surface area contributed by atoms with Gasteiger partial charge >= 0.3 is 5.97 Å². The van der Waals surface area contributed by atoms with E-state index in [9.17, 15) is 19.1 Å². The number of amides is 1. The molecule has 2 fully saturated rings. The normalized spacial score (nSPS) is 27.1. The Hall–Kier alpha value is -1.91. The second-order valence-corrected chi connectivity index (χ2v) is 7.33. The van der Waals surface area contributed by atoms with Crippen molar-refractivity contribution in [3.05, 3.63) is 35.6 Å². The Morgan fingerprint density at radius 2 is 2.17 bits per heavy atom. The number of nitrogens with zero attached hydrogens (tertiary/aromatic N) is 1. The van der Waals surface area contributed by atoms with Gasteiger partial charge in [0.2, 0.25) is 5.91 Å². The van der Waals surface area contributed by atoms with E-state index >= 15 is 0 Å². The lowest BCUT2D eigenvalue weighted by molar-refractivity contribution is -0.150. The first kappa shape index (κ1) is 16.9. The second-order valence-electron chi connectivity index (χ2n) is 7.33. The standard InChI is InChI=1S/C19H24FNO3/c1-12(8-13-4-2-6-15(20)10-13)9-17(22)21-11-14-5-3-7-16(14)18(21)19(23)24/h2,4,6,10,12,14,16,18H,3,5,7-9,11H2,1H3,(H,23,24). The molecule has 130 valence electrons. The minimum Gasteiger partial charge on any atom is -0.480 e. The number of carbonyl (C=O) groups excluding carboxylic acids is 1. The van der Waals surface area contributed by atoms with Gasteiger partial charge in [0.1, 0.15) is 11.9 Å². The molecule has 24 heavy (non-hydrogen) atoms. The van der Waals surface area contributed by atoms with E-state index in [0.29, 0.717) is 25.3 Å². The largest absolute Gasteiger partial charge is 0.480 e. The third-order valence-corrected chi connectivity index (χ3v) is 5.46. The summed E-state index contributed by atoms with van der Waals surface area (Å²) in [5, 5.41) is 9.54. The van der Waals surface area contributed by atoms with Crippen molar-refractivity contribution >= 4 is 11.9 Å². The van der Waals surface area contributed by atoms with Gasteiger partial charge in [-0.25, -0.2) is 9.18 Å². The van der Waals surface area contributed by atoms with Crippen molar-refractivity contribution < 1.29 is 19.1 Å². The van der Waals surface area contributed by atoms with Crippen molar-refractivity contribution in [1.29, 1.82) is 0 Å². The number of halogens is 1. The highest BCUT2D eigenvalue weighted by Crippen LogP contribution is 2.42. The maximum absolute atomic E-state index is 13.3. The number of carboxylic acid groups (broad SMARTS) is 1. The quantitative estimate of drug-likeness (QED) is 0.901. The molecule has 1 heterocycles. The zero-order valence-electron chi connectivity index (χ0n) is 14.0. The number of carbonyl (C=O) groups is 2. The Bertz CT molecular complexity index is 633. The number of carboxylic acids is 1. The molecule has 3 rings (SSSR count). The van der Waals surface area contributed by atoms with Gasteiger partial charge in [0.05, 0.1) is 0 Å². The molecule has 2 aliphatic rings. The summed E-state index contributed by atoms with van der Waals surface area (Å²) in [5.74, 6) is -0.728. The van der Waals surface area contributed by atoms with Gasteiger partial charge in [0, 0.05) is 13.0 Å². The molecular weight excluding hydrogens is 309 g/mol. The number of hydrogen-bond donors (Lipinski definition) is 1. The molecule has 1 N–H and O–H groups in total. The lowest BCUT2D eigenvalue weighted by Crippen LogP contribution is -2.43. The van der Waals surface area contributed by atoms with Gasteiger partial charge < -0.3 is 10.0 Å². The summed E-state index contributed by atoms with van der Waals surface area (Å²) in [6, 6.07) is 5.75. The van der Waals surface area contributed by atoms with Crippen LogP contribution >= 0.6 is 0 Å². The van der Waals surface area contributed by atoms with Crippen molar-refractivity contribution in [2.75, 3.05) is 6.54 Å². The lowest BCUT2D eigenvalue weighted by atomic mass is 9.94. The summed E-state index contributed by atoms with van der Waals surface area (Å²) in [7, 11) is 0. The van der Waals surface area contributed by atoms with Crippen LogP contribution in [0.3, 0.4) is 0 Å². The Kier molecular flexibility index (Phi) is 4.88. The van der Waals surface area contributed by atoms with E-state index in [1.807, 2.05) is 13.0 Å². The van der Waals surface area contributed by atoms with Gasteiger partial charge in [-0.1, -0.05) is 25.5 Å². The highest BCUT2D eigenvalue weighted by molar-refractivity contribution is 5.85. The third-order valence-electron chi connectivity index (χ3n) is 5.46. The number of hydrogen-bond acceptors (Lipinski definition) is 2. The molecule has 1 amide bonds. The number of fused-ring (bicyclic) bond motifs is 1. The Balaban J connectivity index is 1.62. The number of rotatable bonds is 5. The zero-order valence-corrected chi connectivity index (χ0v) is 14.0. The predicted octanol–water partition coefficient (Wildman–Crippen LogP) is 3.11. The number of likely N-dealkylation sites (tertiary alicyclic amines) is 1. The van der Waals surface area contributed by atoms with Crippen LogP contribution in [0.1, 0.15) is 38.2 Å². The lowest BCUT2D eigenvalue weighted by Gasteiger charge is -2.25. The van der Waals surface area contributed by atoms with Crippen LogP contribution in [0.4, 0.5) is 4.39 Å². The van der Waals surface area contributed by atoms with Crippen molar-refractivity contribution in [1.82, 2.24) is 4.90 Å². The monoisotopic (exact) mass is 333 g/mol. The van der Waals surface area contributed by atoms with Crippen LogP contribution < -0.4 is 0 Å². The molecule has 1 aromatic rings. The number of benzene rings is 1. The molecule has 4 nitrogen and oxygen atoms in total. The van der Waals surface area contributed by atoms with Crippen LogP contribution in [0.25, 0.3) is 0 Å². The minimum absolute atomic E-state index is 0.0502. The van der Waals surface area contributed by atoms with Crippen LogP contribution in [0.5, 0.6) is 0 Å². The molecule has 4 unspecified atom stereocenters. The van der Waals surface area contributed by atoms with Gasteiger partial charge in [-0.2, -0.15) is 0 Å². The molecule has 1 aliphatic heterocycles. The molecule has 4 atom stereocenters. The first-order chi connectivity index (χ1) is 11.5. The minimum atomic E-state index is -0.879. The van der Waals surface area contributed by atoms with E-state index in [1.54, 1.807) is 11.0 Å². The van der Waals surface area contributed by atoms with E-state index in [2.05, 4.69) is 0 Å². The molecule has 1 saturated heterocycles. The fraction of sp³-hybridized carbons (Fsp3) is 0.579. The van der Waals surface area contributed by atoms with Crippen LogP contribution in [0.2, 0.25) is 0 Å². The first-order valence-electron chi connectivity index (χ1n) is 8.72. The molecule has 0 aromatic heterocycles. The van der Waals surface area contributed by atoms with E-state index in [4.69, 9.17) is 0 Å². The second kappa shape index (κ2) is 6.91. The Morgan fingerprint density at radius 3 is 2.88 bits per heavy atom. The summed E-state index contributed by atoms with van der Waals surface area (Å²) < 4.78 is 13.3. The number of aliphatic carboxylic acids is 1. The zero-order chi connectivity index (χ0) is 17.3. The molecule has 0 spiro atoms. The fourth-order valence-electron chi connectivity index (χ4n) is 4.43. The van der Waals surface area contributed by atoms with Crippen molar-refractivity contribution in [3.8, 4) is 0 Å². The molecule has 0 bridgehead atoms. The predicted molar refractivity (Wildman–Crippen MR) is 87.9 cm³/mol. The van der Waals surface area contributed by atoms with E-state index in [1.165, 1.54) is 12.1 Å². The summed E-state index contributed by atoms with van der Waals surface area (Å²) >= 11 is 0. The van der Waals surface area contributed by atoms with Gasteiger partial charge in [-0.15, -0.1) is 0 Å². The SMILES string of the molecule is CC(CC(=O)N1CC2CCCC2C1C(=O)O)Cc1cccc(F)c1. The Labute approximate surface area is 141 Å². The van der Waals surface area contributed by atoms with Gasteiger partial charge in [-0.05, 0) is 54.7 Å². The smallest absolute Gasteiger partial charge is 0.326 e. The maximum atomic E-state index is 13.3. The summed E-state index contributed by atoms with van der Waals surface area (Å²) in [5.41, 5.74) is 0.864. The van der Waals surface area contributed by atoms with E-state index in [0.717, 1.165) is 24.8 Å². The summed E-state index contributed by atoms with van der Waals surface area (Å²) in [6.07, 6.45) is 3.92. The third kappa shape index (κ3) is 3.45. The molecule has 1 aliphatic carbocycles. The van der Waals surface area contributed by atoms with Crippen molar-refractivity contribution in [3.63, 3.8) is 0 Å². The summed E-state index contributed by atoms with van der Waals surface area (Å²) in [4.78, 5) is 25.9. The topological polar surface area (TPSA) is 57.6 Å². The fourth-order valence-corrected chi connectivity index (χ4v) is 4.43. The van der Waals surface area contributed by atoms with Gasteiger partial charge in [0.25, 0.3) is 0 Å². The van der Waals surface area contributed by atoms with Crippen LogP contribution in [0.15, 0.2) is 24.3 Å². The van der Waals surface area contributed by atoms with Gasteiger partial charge in [0.15, 0.2) is 0 Å². The molecular formula is C19H24FNO3. The van der Waals surface area contributed by atoms with Crippen LogP contribution in [-0.4, -0.2) is 34.5 Å². The van der Waals surface area contributed by atoms with Crippen molar-refractivity contribution in [2.45, 2.75) is 45.1 Å². The van der Waals surface area contributed by atoms with E-state index in [-0.39, 0.29) is 23.6 Å². The average Bonchev–Trinajstić information content (AvgIpc) is 3.06. The van der Waals surface area contributed by atoms with E-state index < -0.39 is 12.0 Å². The maximum Gasteiger partial charge on any atom is 0.326 e. The highest BCUT2D eigenvalue weighted by Gasteiger charge is 2.49. The van der Waals surface area contributed by atoms with Gasteiger partial charge in [-0.3, -0.25) is 4.79 Å². The molecule has 5 heteroatoms. The molecule has 1 aromatic carbocycles. The Morgan fingerprint density at radius 1 is 1.38 bits per heavy atom. The molecule has 0 radical (unpaired) electrons. The first-order valence-corrected chi connectivity index (χ1v) is 8.72. The van der Waals surface area contributed by atoms with Crippen LogP contribution in [0, 0.1) is 23.6 Å².